The largest absolute Gasteiger partial charge is 0.320 e. The van der Waals surface area contributed by atoms with Gasteiger partial charge in [-0.25, -0.2) is 0 Å². The van der Waals surface area contributed by atoms with Crippen molar-refractivity contribution in [2.75, 3.05) is 6.54 Å². The number of carbonyl (C=O) groups excluding carboxylic acids is 1. The van der Waals surface area contributed by atoms with Gasteiger partial charge in [0, 0.05) is 11.4 Å². The molecule has 0 aromatic carbocycles. The summed E-state index contributed by atoms with van der Waals surface area (Å²) < 4.78 is 0. The smallest absolute Gasteiger partial charge is 0.244 e. The van der Waals surface area contributed by atoms with Crippen LogP contribution in [0.1, 0.15) is 63.9 Å². The number of thiophene rings is 1. The van der Waals surface area contributed by atoms with Crippen LogP contribution in [0.15, 0.2) is 17.5 Å². The Morgan fingerprint density at radius 1 is 1.38 bits per heavy atom. The van der Waals surface area contributed by atoms with Gasteiger partial charge in [-0.15, -0.1) is 11.3 Å². The van der Waals surface area contributed by atoms with Crippen molar-refractivity contribution >= 4 is 17.2 Å². The minimum absolute atomic E-state index is 0.0554. The summed E-state index contributed by atoms with van der Waals surface area (Å²) in [4.78, 5) is 16.3. The molecule has 21 heavy (non-hydrogen) atoms. The van der Waals surface area contributed by atoms with Crippen LogP contribution >= 0.6 is 11.3 Å². The molecule has 2 heterocycles. The standard InChI is InChI=1S/C17H26N2OS/c1-4-17(3)15(20)19(12-16(2)9-5-6-10-16)14(18-17)13-8-7-11-21-13/h7-8,11,14,18H,4-6,9-10,12H2,1-3H3. The second kappa shape index (κ2) is 5.40. The van der Waals surface area contributed by atoms with Gasteiger partial charge in [0.2, 0.25) is 5.91 Å². The molecular formula is C17H26N2OS. The summed E-state index contributed by atoms with van der Waals surface area (Å²) in [6.07, 6.45) is 6.00. The van der Waals surface area contributed by atoms with Crippen molar-refractivity contribution in [3.8, 4) is 0 Å². The zero-order valence-electron chi connectivity index (χ0n) is 13.3. The molecule has 0 radical (unpaired) electrons. The van der Waals surface area contributed by atoms with Gasteiger partial charge in [-0.05, 0) is 43.0 Å². The zero-order valence-corrected chi connectivity index (χ0v) is 14.1. The number of nitrogens with one attached hydrogen (secondary N) is 1. The molecule has 0 bridgehead atoms. The van der Waals surface area contributed by atoms with E-state index in [0.29, 0.717) is 5.41 Å². The summed E-state index contributed by atoms with van der Waals surface area (Å²) in [5.41, 5.74) is -0.116. The highest BCUT2D eigenvalue weighted by Gasteiger charge is 2.49. The number of amides is 1. The first-order chi connectivity index (χ1) is 9.97. The van der Waals surface area contributed by atoms with Crippen molar-refractivity contribution in [3.05, 3.63) is 22.4 Å². The van der Waals surface area contributed by atoms with Gasteiger partial charge in [-0.2, -0.15) is 0 Å². The summed E-state index contributed by atoms with van der Waals surface area (Å²) in [5, 5.41) is 5.69. The second-order valence-electron chi connectivity index (χ2n) is 7.20. The van der Waals surface area contributed by atoms with Gasteiger partial charge in [-0.3, -0.25) is 10.1 Å². The molecule has 1 aromatic rings. The molecule has 1 amide bonds. The zero-order chi connectivity index (χ0) is 15.1. The molecule has 116 valence electrons. The quantitative estimate of drug-likeness (QED) is 0.914. The van der Waals surface area contributed by atoms with E-state index in [2.05, 4.69) is 41.6 Å². The number of carbonyl (C=O) groups is 1. The lowest BCUT2D eigenvalue weighted by atomic mass is 9.87. The van der Waals surface area contributed by atoms with Gasteiger partial charge in [0.05, 0.1) is 5.54 Å². The van der Waals surface area contributed by atoms with Crippen LogP contribution in [0.5, 0.6) is 0 Å². The van der Waals surface area contributed by atoms with Crippen molar-refractivity contribution in [1.82, 2.24) is 10.2 Å². The monoisotopic (exact) mass is 306 g/mol. The average Bonchev–Trinajstić information content (AvgIpc) is 3.17. The molecule has 2 fully saturated rings. The number of hydrogen-bond donors (Lipinski definition) is 1. The molecule has 2 atom stereocenters. The summed E-state index contributed by atoms with van der Waals surface area (Å²) in [6.45, 7) is 7.38. The lowest BCUT2D eigenvalue weighted by molar-refractivity contribution is -0.134. The van der Waals surface area contributed by atoms with Gasteiger partial charge >= 0.3 is 0 Å². The van der Waals surface area contributed by atoms with Crippen LogP contribution in [0.2, 0.25) is 0 Å². The molecule has 1 N–H and O–H groups in total. The van der Waals surface area contributed by atoms with E-state index in [4.69, 9.17) is 0 Å². The predicted octanol–water partition coefficient (Wildman–Crippen LogP) is 3.93. The van der Waals surface area contributed by atoms with E-state index >= 15 is 0 Å². The van der Waals surface area contributed by atoms with E-state index in [0.717, 1.165) is 13.0 Å². The molecule has 1 aliphatic heterocycles. The van der Waals surface area contributed by atoms with Crippen LogP contribution in [-0.4, -0.2) is 22.9 Å². The molecule has 3 nitrogen and oxygen atoms in total. The number of rotatable bonds is 4. The minimum Gasteiger partial charge on any atom is -0.320 e. The fourth-order valence-corrected chi connectivity index (χ4v) is 4.55. The Morgan fingerprint density at radius 2 is 2.10 bits per heavy atom. The van der Waals surface area contributed by atoms with E-state index in [1.54, 1.807) is 11.3 Å². The third-order valence-electron chi connectivity index (χ3n) is 5.38. The molecule has 1 saturated heterocycles. The Balaban J connectivity index is 1.88. The van der Waals surface area contributed by atoms with E-state index in [1.807, 2.05) is 6.92 Å². The molecule has 3 rings (SSSR count). The molecule has 1 saturated carbocycles. The van der Waals surface area contributed by atoms with Crippen LogP contribution in [0.4, 0.5) is 0 Å². The number of nitrogens with zero attached hydrogens (tertiary/aromatic N) is 1. The third-order valence-corrected chi connectivity index (χ3v) is 6.31. The van der Waals surface area contributed by atoms with Gasteiger partial charge in [0.25, 0.3) is 0 Å². The molecule has 4 heteroatoms. The highest BCUT2D eigenvalue weighted by Crippen LogP contribution is 2.42. The first kappa shape index (κ1) is 15.0. The third kappa shape index (κ3) is 2.64. The maximum atomic E-state index is 13.0. The predicted molar refractivity (Wildman–Crippen MR) is 87.2 cm³/mol. The molecule has 1 aromatic heterocycles. The van der Waals surface area contributed by atoms with Crippen molar-refractivity contribution < 1.29 is 4.79 Å². The van der Waals surface area contributed by atoms with Crippen LogP contribution in [-0.2, 0) is 4.79 Å². The Hall–Kier alpha value is -0.870. The van der Waals surface area contributed by atoms with Gasteiger partial charge in [-0.1, -0.05) is 32.8 Å². The van der Waals surface area contributed by atoms with E-state index in [9.17, 15) is 4.79 Å². The first-order valence-electron chi connectivity index (χ1n) is 8.10. The lowest BCUT2D eigenvalue weighted by Gasteiger charge is -2.33. The van der Waals surface area contributed by atoms with Crippen LogP contribution in [0, 0.1) is 5.41 Å². The van der Waals surface area contributed by atoms with Crippen molar-refractivity contribution in [1.29, 1.82) is 0 Å². The topological polar surface area (TPSA) is 32.3 Å². The Kier molecular flexibility index (Phi) is 3.87. The molecule has 1 aliphatic carbocycles. The fourth-order valence-electron chi connectivity index (χ4n) is 3.76. The molecule has 2 aliphatic rings. The SMILES string of the molecule is CCC1(C)NC(c2cccs2)N(CC2(C)CCCC2)C1=O. The normalized spacial score (nSPS) is 32.0. The second-order valence-corrected chi connectivity index (χ2v) is 8.18. The highest BCUT2D eigenvalue weighted by molar-refractivity contribution is 7.10. The summed E-state index contributed by atoms with van der Waals surface area (Å²) in [5.74, 6) is 0.275. The van der Waals surface area contributed by atoms with Crippen LogP contribution in [0.25, 0.3) is 0 Å². The first-order valence-corrected chi connectivity index (χ1v) is 8.98. The van der Waals surface area contributed by atoms with Gasteiger partial charge in [0.1, 0.15) is 6.17 Å². The summed E-state index contributed by atoms with van der Waals surface area (Å²) >= 11 is 1.74. The Labute approximate surface area is 131 Å². The number of hydrogen-bond acceptors (Lipinski definition) is 3. The summed E-state index contributed by atoms with van der Waals surface area (Å²) in [6, 6.07) is 4.21. The highest BCUT2D eigenvalue weighted by atomic mass is 32.1. The van der Waals surface area contributed by atoms with E-state index in [-0.39, 0.29) is 12.1 Å². The van der Waals surface area contributed by atoms with Crippen molar-refractivity contribution in [3.63, 3.8) is 0 Å². The van der Waals surface area contributed by atoms with Gasteiger partial charge < -0.3 is 4.90 Å². The average molecular weight is 306 g/mol. The van der Waals surface area contributed by atoms with Crippen LogP contribution < -0.4 is 5.32 Å². The van der Waals surface area contributed by atoms with Crippen molar-refractivity contribution in [2.24, 2.45) is 5.41 Å². The van der Waals surface area contributed by atoms with E-state index < -0.39 is 5.54 Å². The lowest BCUT2D eigenvalue weighted by Crippen LogP contribution is -2.44. The van der Waals surface area contributed by atoms with Crippen LogP contribution in [0.3, 0.4) is 0 Å². The van der Waals surface area contributed by atoms with Gasteiger partial charge in [0.15, 0.2) is 0 Å². The fraction of sp³-hybridized carbons (Fsp3) is 0.706. The Morgan fingerprint density at radius 3 is 2.67 bits per heavy atom. The van der Waals surface area contributed by atoms with E-state index in [1.165, 1.54) is 30.6 Å². The maximum absolute atomic E-state index is 13.0. The molecule has 2 unspecified atom stereocenters. The van der Waals surface area contributed by atoms with Crippen molar-refractivity contribution in [2.45, 2.75) is 64.6 Å². The minimum atomic E-state index is -0.413. The molecule has 0 spiro atoms. The summed E-state index contributed by atoms with van der Waals surface area (Å²) in [7, 11) is 0. The maximum Gasteiger partial charge on any atom is 0.244 e. The molecular weight excluding hydrogens is 280 g/mol. The Bertz CT molecular complexity index is 507.